The third-order valence-corrected chi connectivity index (χ3v) is 4.20. The molecule has 0 amide bonds. The topological polar surface area (TPSA) is 43.7 Å². The molecule has 0 spiro atoms. The van der Waals surface area contributed by atoms with Crippen molar-refractivity contribution in [2.75, 3.05) is 13.1 Å². The predicted molar refractivity (Wildman–Crippen MR) is 89.4 cm³/mol. The number of aromatic hydroxyl groups is 2. The summed E-state index contributed by atoms with van der Waals surface area (Å²) in [5, 5.41) is 19.4. The molecule has 120 valence electrons. The zero-order valence-electron chi connectivity index (χ0n) is 13.0. The monoisotopic (exact) mass is 313 g/mol. The fraction of sp³-hybridized carbons (Fsp3) is 0.647. The molecule has 0 saturated heterocycles. The highest BCUT2D eigenvalue weighted by atomic mass is 35.5. The molecular formula is C17H28ClNO2. The second-order valence-electron chi connectivity index (χ2n) is 5.90. The predicted octanol–water partition coefficient (Wildman–Crippen LogP) is 4.24. The van der Waals surface area contributed by atoms with Gasteiger partial charge in [-0.3, -0.25) is 4.90 Å². The largest absolute Gasteiger partial charge is 0.508 e. The van der Waals surface area contributed by atoms with Gasteiger partial charge in [0.25, 0.3) is 0 Å². The minimum absolute atomic E-state index is 0. The van der Waals surface area contributed by atoms with Crippen LogP contribution in [0.2, 0.25) is 0 Å². The highest BCUT2D eigenvalue weighted by Crippen LogP contribution is 2.31. The van der Waals surface area contributed by atoms with E-state index in [-0.39, 0.29) is 23.9 Å². The number of halogens is 1. The summed E-state index contributed by atoms with van der Waals surface area (Å²) in [6.07, 6.45) is 8.82. The van der Waals surface area contributed by atoms with Gasteiger partial charge in [0.15, 0.2) is 0 Å². The maximum absolute atomic E-state index is 9.84. The first kappa shape index (κ1) is 18.1. The zero-order valence-corrected chi connectivity index (χ0v) is 13.8. The van der Waals surface area contributed by atoms with E-state index in [2.05, 4.69) is 11.8 Å². The molecule has 0 fully saturated rings. The van der Waals surface area contributed by atoms with Crippen LogP contribution in [0.3, 0.4) is 0 Å². The Hall–Kier alpha value is -0.930. The molecule has 1 aliphatic rings. The number of hydrogen-bond donors (Lipinski definition) is 2. The Morgan fingerprint density at radius 1 is 1.05 bits per heavy atom. The number of phenols is 2. The number of hydrogen-bond acceptors (Lipinski definition) is 3. The molecule has 1 aliphatic heterocycles. The van der Waals surface area contributed by atoms with E-state index in [0.717, 1.165) is 37.2 Å². The van der Waals surface area contributed by atoms with Crippen LogP contribution in [-0.2, 0) is 13.0 Å². The lowest BCUT2D eigenvalue weighted by Crippen LogP contribution is -2.31. The summed E-state index contributed by atoms with van der Waals surface area (Å²) in [7, 11) is 0. The molecule has 0 radical (unpaired) electrons. The van der Waals surface area contributed by atoms with Crippen LogP contribution in [0.5, 0.6) is 11.5 Å². The van der Waals surface area contributed by atoms with Crippen molar-refractivity contribution in [3.8, 4) is 11.5 Å². The molecule has 0 aromatic heterocycles. The third kappa shape index (κ3) is 5.40. The van der Waals surface area contributed by atoms with E-state index in [4.69, 9.17) is 0 Å². The SMILES string of the molecule is CCCCCCCCN1CCc2c(O)cc(O)cc2C1.Cl. The minimum Gasteiger partial charge on any atom is -0.508 e. The van der Waals surface area contributed by atoms with Gasteiger partial charge in [-0.25, -0.2) is 0 Å². The molecule has 0 unspecified atom stereocenters. The summed E-state index contributed by atoms with van der Waals surface area (Å²) in [4.78, 5) is 2.43. The molecule has 0 bridgehead atoms. The molecule has 0 atom stereocenters. The van der Waals surface area contributed by atoms with Crippen molar-refractivity contribution in [1.29, 1.82) is 0 Å². The Balaban J connectivity index is 0.00000220. The van der Waals surface area contributed by atoms with Gasteiger partial charge in [-0.05, 0) is 36.6 Å². The Bertz CT molecular complexity index is 437. The Labute approximate surface area is 134 Å². The van der Waals surface area contributed by atoms with Crippen LogP contribution in [0.15, 0.2) is 12.1 Å². The van der Waals surface area contributed by atoms with Gasteiger partial charge in [-0.1, -0.05) is 39.0 Å². The van der Waals surface area contributed by atoms with Crippen molar-refractivity contribution < 1.29 is 10.2 Å². The van der Waals surface area contributed by atoms with Gasteiger partial charge >= 0.3 is 0 Å². The summed E-state index contributed by atoms with van der Waals surface area (Å²) in [5.74, 6) is 0.418. The molecule has 1 heterocycles. The van der Waals surface area contributed by atoms with E-state index >= 15 is 0 Å². The normalized spacial score (nSPS) is 14.5. The Morgan fingerprint density at radius 2 is 1.76 bits per heavy atom. The summed E-state index contributed by atoms with van der Waals surface area (Å²) < 4.78 is 0. The Kier molecular flexibility index (Phi) is 7.91. The second-order valence-corrected chi connectivity index (χ2v) is 5.90. The number of phenolic OH excluding ortho intramolecular Hbond substituents is 2. The second kappa shape index (κ2) is 9.16. The van der Waals surface area contributed by atoms with E-state index in [1.54, 1.807) is 6.07 Å². The van der Waals surface area contributed by atoms with Crippen LogP contribution in [0.4, 0.5) is 0 Å². The molecule has 1 aromatic carbocycles. The van der Waals surface area contributed by atoms with Crippen molar-refractivity contribution in [2.45, 2.75) is 58.4 Å². The van der Waals surface area contributed by atoms with Gasteiger partial charge in [0.2, 0.25) is 0 Å². The van der Waals surface area contributed by atoms with Crippen molar-refractivity contribution in [3.05, 3.63) is 23.3 Å². The molecule has 2 rings (SSSR count). The lowest BCUT2D eigenvalue weighted by atomic mass is 9.98. The first-order chi connectivity index (χ1) is 9.70. The number of benzene rings is 1. The molecule has 3 nitrogen and oxygen atoms in total. The number of unbranched alkanes of at least 4 members (excludes halogenated alkanes) is 5. The average molecular weight is 314 g/mol. The summed E-state index contributed by atoms with van der Waals surface area (Å²) >= 11 is 0. The summed E-state index contributed by atoms with van der Waals surface area (Å²) in [5.41, 5.74) is 2.10. The maximum Gasteiger partial charge on any atom is 0.122 e. The van der Waals surface area contributed by atoms with Gasteiger partial charge in [-0.2, -0.15) is 0 Å². The van der Waals surface area contributed by atoms with Gasteiger partial charge in [0.05, 0.1) is 0 Å². The number of rotatable bonds is 7. The van der Waals surface area contributed by atoms with E-state index < -0.39 is 0 Å². The zero-order chi connectivity index (χ0) is 14.4. The van der Waals surface area contributed by atoms with Crippen molar-refractivity contribution >= 4 is 12.4 Å². The van der Waals surface area contributed by atoms with Crippen molar-refractivity contribution in [1.82, 2.24) is 4.90 Å². The summed E-state index contributed by atoms with van der Waals surface area (Å²) in [6, 6.07) is 3.24. The first-order valence-corrected chi connectivity index (χ1v) is 7.96. The molecule has 4 heteroatoms. The number of fused-ring (bicyclic) bond motifs is 1. The van der Waals surface area contributed by atoms with Crippen LogP contribution in [-0.4, -0.2) is 28.2 Å². The standard InChI is InChI=1S/C17H27NO2.ClH/c1-2-3-4-5-6-7-9-18-10-8-16-14(13-18)11-15(19)12-17(16)20;/h11-12,19-20H,2-10,13H2,1H3;1H. The summed E-state index contributed by atoms with van der Waals surface area (Å²) in [6.45, 7) is 5.24. The van der Waals surface area contributed by atoms with Gasteiger partial charge < -0.3 is 10.2 Å². The van der Waals surface area contributed by atoms with Crippen LogP contribution in [0.1, 0.15) is 56.6 Å². The van der Waals surface area contributed by atoms with Gasteiger partial charge in [-0.15, -0.1) is 12.4 Å². The van der Waals surface area contributed by atoms with Crippen LogP contribution in [0.25, 0.3) is 0 Å². The van der Waals surface area contributed by atoms with Crippen LogP contribution in [0, 0.1) is 0 Å². The quantitative estimate of drug-likeness (QED) is 0.740. The molecular weight excluding hydrogens is 286 g/mol. The highest BCUT2D eigenvalue weighted by molar-refractivity contribution is 5.85. The lowest BCUT2D eigenvalue weighted by Gasteiger charge is -2.29. The molecule has 2 N–H and O–H groups in total. The maximum atomic E-state index is 9.84. The van der Waals surface area contributed by atoms with Gasteiger partial charge in [0, 0.05) is 19.2 Å². The highest BCUT2D eigenvalue weighted by Gasteiger charge is 2.19. The fourth-order valence-electron chi connectivity index (χ4n) is 3.03. The Morgan fingerprint density at radius 3 is 2.52 bits per heavy atom. The van der Waals surface area contributed by atoms with E-state index in [1.807, 2.05) is 0 Å². The third-order valence-electron chi connectivity index (χ3n) is 4.20. The minimum atomic E-state index is 0. The first-order valence-electron chi connectivity index (χ1n) is 7.96. The van der Waals surface area contributed by atoms with Crippen molar-refractivity contribution in [3.63, 3.8) is 0 Å². The van der Waals surface area contributed by atoms with E-state index in [1.165, 1.54) is 44.6 Å². The van der Waals surface area contributed by atoms with E-state index in [0.29, 0.717) is 0 Å². The van der Waals surface area contributed by atoms with Gasteiger partial charge in [0.1, 0.15) is 11.5 Å². The van der Waals surface area contributed by atoms with Crippen molar-refractivity contribution in [2.24, 2.45) is 0 Å². The van der Waals surface area contributed by atoms with Crippen LogP contribution >= 0.6 is 12.4 Å². The molecule has 0 saturated carbocycles. The van der Waals surface area contributed by atoms with E-state index in [9.17, 15) is 10.2 Å². The lowest BCUT2D eigenvalue weighted by molar-refractivity contribution is 0.245. The molecule has 21 heavy (non-hydrogen) atoms. The average Bonchev–Trinajstić information content (AvgIpc) is 2.42. The fourth-order valence-corrected chi connectivity index (χ4v) is 3.03. The molecule has 0 aliphatic carbocycles. The smallest absolute Gasteiger partial charge is 0.122 e. The van der Waals surface area contributed by atoms with Crippen LogP contribution < -0.4 is 0 Å². The molecule has 1 aromatic rings. The number of nitrogens with zero attached hydrogens (tertiary/aromatic N) is 1.